The summed E-state index contributed by atoms with van der Waals surface area (Å²) < 4.78 is 1.36. The van der Waals surface area contributed by atoms with Gasteiger partial charge in [-0.1, -0.05) is 29.8 Å². The quantitative estimate of drug-likeness (QED) is 0.695. The number of hydrogen-bond donors (Lipinski definition) is 2. The van der Waals surface area contributed by atoms with Crippen LogP contribution in [0.4, 0.5) is 0 Å². The molecule has 0 fully saturated rings. The van der Waals surface area contributed by atoms with E-state index in [4.69, 9.17) is 16.7 Å². The van der Waals surface area contributed by atoms with Crippen LogP contribution in [0, 0.1) is 0 Å². The number of amides is 1. The molecule has 1 amide bonds. The average molecular weight is 372 g/mol. The molecule has 0 aliphatic heterocycles. The van der Waals surface area contributed by atoms with Gasteiger partial charge in [-0.3, -0.25) is 14.0 Å². The van der Waals surface area contributed by atoms with E-state index < -0.39 is 11.5 Å². The van der Waals surface area contributed by atoms with Crippen molar-refractivity contribution in [2.24, 2.45) is 0 Å². The van der Waals surface area contributed by atoms with Gasteiger partial charge in [-0.15, -0.1) is 0 Å². The van der Waals surface area contributed by atoms with E-state index in [1.165, 1.54) is 10.6 Å². The molecule has 0 bridgehead atoms. The van der Waals surface area contributed by atoms with E-state index in [0.717, 1.165) is 11.1 Å². The monoisotopic (exact) mass is 371 g/mol. The Labute approximate surface area is 155 Å². The molecule has 3 aromatic rings. The van der Waals surface area contributed by atoms with Crippen LogP contribution >= 0.6 is 11.6 Å². The molecule has 0 aliphatic carbocycles. The molecule has 1 aromatic carbocycles. The van der Waals surface area contributed by atoms with E-state index in [-0.39, 0.29) is 18.7 Å². The molecule has 0 radical (unpaired) electrons. The molecule has 7 heteroatoms. The second-order valence-corrected chi connectivity index (χ2v) is 6.32. The Balaban J connectivity index is 1.82. The molecule has 3 rings (SSSR count). The molecule has 0 saturated heterocycles. The number of aromatic nitrogens is 2. The molecule has 0 atom stereocenters. The Morgan fingerprint density at radius 1 is 1.15 bits per heavy atom. The van der Waals surface area contributed by atoms with Gasteiger partial charge >= 0.3 is 0 Å². The molecule has 2 heterocycles. The number of hydrogen-bond acceptors (Lipinski definition) is 4. The molecule has 6 nitrogen and oxygen atoms in total. The Hall–Kier alpha value is -2.70. The predicted octanol–water partition coefficient (Wildman–Crippen LogP) is 2.20. The van der Waals surface area contributed by atoms with Crippen molar-refractivity contribution in [2.75, 3.05) is 6.61 Å². The summed E-state index contributed by atoms with van der Waals surface area (Å²) in [6.07, 6.45) is 4.21. The highest BCUT2D eigenvalue weighted by molar-refractivity contribution is 6.30. The molecule has 0 spiro atoms. The fourth-order valence-corrected chi connectivity index (χ4v) is 2.71. The Bertz CT molecular complexity index is 983. The molecular formula is C19H18ClN3O3. The van der Waals surface area contributed by atoms with Crippen molar-refractivity contribution in [3.8, 4) is 0 Å². The van der Waals surface area contributed by atoms with Gasteiger partial charge in [0, 0.05) is 30.6 Å². The third kappa shape index (κ3) is 4.09. The third-order valence-electron chi connectivity index (χ3n) is 4.00. The van der Waals surface area contributed by atoms with Gasteiger partial charge < -0.3 is 10.4 Å². The van der Waals surface area contributed by atoms with Gasteiger partial charge in [0.1, 0.15) is 11.2 Å². The van der Waals surface area contributed by atoms with Crippen LogP contribution < -0.4 is 10.9 Å². The van der Waals surface area contributed by atoms with Crippen LogP contribution in [-0.4, -0.2) is 27.0 Å². The van der Waals surface area contributed by atoms with Gasteiger partial charge in [-0.05, 0) is 42.2 Å². The third-order valence-corrected chi connectivity index (χ3v) is 4.25. The first-order valence-electron chi connectivity index (χ1n) is 8.22. The molecular weight excluding hydrogens is 354 g/mol. The summed E-state index contributed by atoms with van der Waals surface area (Å²) in [6, 6.07) is 10.7. The number of fused-ring (bicyclic) bond motifs is 1. The molecule has 0 aliphatic rings. The van der Waals surface area contributed by atoms with Crippen molar-refractivity contribution >= 4 is 23.2 Å². The van der Waals surface area contributed by atoms with Crippen molar-refractivity contribution in [2.45, 2.75) is 19.4 Å². The first kappa shape index (κ1) is 18.1. The lowest BCUT2D eigenvalue weighted by Gasteiger charge is -2.08. The topological polar surface area (TPSA) is 83.7 Å². The van der Waals surface area contributed by atoms with E-state index in [1.54, 1.807) is 24.4 Å². The fourth-order valence-electron chi connectivity index (χ4n) is 2.59. The lowest BCUT2D eigenvalue weighted by atomic mass is 10.1. The summed E-state index contributed by atoms with van der Waals surface area (Å²) in [5, 5.41) is 12.3. The Morgan fingerprint density at radius 2 is 1.88 bits per heavy atom. The maximum atomic E-state index is 12.6. The van der Waals surface area contributed by atoms with Crippen LogP contribution in [0.25, 0.3) is 5.65 Å². The average Bonchev–Trinajstić information content (AvgIpc) is 2.66. The molecule has 0 saturated carbocycles. The zero-order valence-corrected chi connectivity index (χ0v) is 14.7. The minimum atomic E-state index is -0.479. The van der Waals surface area contributed by atoms with Crippen LogP contribution in [0.2, 0.25) is 5.02 Å². The molecule has 2 N–H and O–H groups in total. The normalized spacial score (nSPS) is 10.8. The Morgan fingerprint density at radius 3 is 2.62 bits per heavy atom. The van der Waals surface area contributed by atoms with Gasteiger partial charge in [0.25, 0.3) is 11.5 Å². The second kappa shape index (κ2) is 8.12. The standard InChI is InChI=1S/C19H18ClN3O3/c20-15-6-3-13(4-7-15)10-22-18(25)16-11-21-17-8-5-14(2-1-9-24)12-23(17)19(16)26/h3-8,11-12,24H,1-2,9-10H2,(H,22,25). The van der Waals surface area contributed by atoms with Crippen molar-refractivity contribution in [1.82, 2.24) is 14.7 Å². The lowest BCUT2D eigenvalue weighted by Crippen LogP contribution is -2.31. The maximum Gasteiger partial charge on any atom is 0.270 e. The van der Waals surface area contributed by atoms with Crippen LogP contribution in [-0.2, 0) is 13.0 Å². The first-order valence-corrected chi connectivity index (χ1v) is 8.60. The summed E-state index contributed by atoms with van der Waals surface area (Å²) in [4.78, 5) is 29.2. The van der Waals surface area contributed by atoms with E-state index in [1.807, 2.05) is 18.2 Å². The maximum absolute atomic E-state index is 12.6. The highest BCUT2D eigenvalue weighted by atomic mass is 35.5. The van der Waals surface area contributed by atoms with E-state index in [0.29, 0.717) is 23.5 Å². The molecule has 134 valence electrons. The Kier molecular flexibility index (Phi) is 5.65. The predicted molar refractivity (Wildman–Crippen MR) is 99.5 cm³/mol. The number of aliphatic hydroxyl groups is 1. The lowest BCUT2D eigenvalue weighted by molar-refractivity contribution is 0.0949. The highest BCUT2D eigenvalue weighted by Crippen LogP contribution is 2.09. The number of aryl methyl sites for hydroxylation is 1. The summed E-state index contributed by atoms with van der Waals surface area (Å²) in [5.74, 6) is -0.479. The number of nitrogens with zero attached hydrogens (tertiary/aromatic N) is 2. The zero-order chi connectivity index (χ0) is 18.5. The van der Waals surface area contributed by atoms with Crippen molar-refractivity contribution in [3.63, 3.8) is 0 Å². The number of nitrogens with one attached hydrogen (secondary N) is 1. The van der Waals surface area contributed by atoms with Crippen molar-refractivity contribution < 1.29 is 9.90 Å². The molecule has 2 aromatic heterocycles. The van der Waals surface area contributed by atoms with Gasteiger partial charge in [-0.25, -0.2) is 4.98 Å². The minimum absolute atomic E-state index is 0.0178. The summed E-state index contributed by atoms with van der Waals surface area (Å²) in [5.41, 5.74) is 1.80. The molecule has 26 heavy (non-hydrogen) atoms. The zero-order valence-electron chi connectivity index (χ0n) is 14.0. The number of pyridine rings is 1. The van der Waals surface area contributed by atoms with Gasteiger partial charge in [0.15, 0.2) is 0 Å². The van der Waals surface area contributed by atoms with Crippen LogP contribution in [0.1, 0.15) is 27.9 Å². The van der Waals surface area contributed by atoms with Gasteiger partial charge in [0.2, 0.25) is 0 Å². The van der Waals surface area contributed by atoms with Crippen LogP contribution in [0.5, 0.6) is 0 Å². The number of carbonyl (C=O) groups excluding carboxylic acids is 1. The van der Waals surface area contributed by atoms with E-state index in [9.17, 15) is 9.59 Å². The largest absolute Gasteiger partial charge is 0.396 e. The van der Waals surface area contributed by atoms with E-state index in [2.05, 4.69) is 10.3 Å². The van der Waals surface area contributed by atoms with E-state index >= 15 is 0 Å². The van der Waals surface area contributed by atoms with Crippen LogP contribution in [0.15, 0.2) is 53.6 Å². The second-order valence-electron chi connectivity index (χ2n) is 5.88. The fraction of sp³-hybridized carbons (Fsp3) is 0.211. The summed E-state index contributed by atoms with van der Waals surface area (Å²) in [7, 11) is 0. The smallest absolute Gasteiger partial charge is 0.270 e. The van der Waals surface area contributed by atoms with Gasteiger partial charge in [-0.2, -0.15) is 0 Å². The summed E-state index contributed by atoms with van der Waals surface area (Å²) >= 11 is 5.84. The van der Waals surface area contributed by atoms with Crippen molar-refractivity contribution in [1.29, 1.82) is 0 Å². The van der Waals surface area contributed by atoms with Gasteiger partial charge in [0.05, 0.1) is 0 Å². The number of rotatable bonds is 6. The number of benzene rings is 1. The highest BCUT2D eigenvalue weighted by Gasteiger charge is 2.13. The van der Waals surface area contributed by atoms with Crippen LogP contribution in [0.3, 0.4) is 0 Å². The number of carbonyl (C=O) groups is 1. The summed E-state index contributed by atoms with van der Waals surface area (Å²) in [6.45, 7) is 0.368. The SMILES string of the molecule is O=C(NCc1ccc(Cl)cc1)c1cnc2ccc(CCCO)cn2c1=O. The van der Waals surface area contributed by atoms with Crippen molar-refractivity contribution in [3.05, 3.63) is 80.9 Å². The number of halogens is 1. The molecule has 0 unspecified atom stereocenters. The first-order chi connectivity index (χ1) is 12.6. The minimum Gasteiger partial charge on any atom is -0.396 e. The number of aliphatic hydroxyl groups excluding tert-OH is 1.